The fourth-order valence-corrected chi connectivity index (χ4v) is 3.44. The monoisotopic (exact) mass is 298 g/mol. The van der Waals surface area contributed by atoms with Gasteiger partial charge in [0.05, 0.1) is 0 Å². The third kappa shape index (κ3) is 3.16. The number of nitrogens with zero attached hydrogens (tertiary/aromatic N) is 1. The van der Waals surface area contributed by atoms with Crippen LogP contribution in [0, 0.1) is 18.7 Å². The second kappa shape index (κ2) is 6.88. The van der Waals surface area contributed by atoms with Gasteiger partial charge in [0.2, 0.25) is 0 Å². The molecule has 0 radical (unpaired) electrons. The maximum Gasteiger partial charge on any atom is 0.123 e. The van der Waals surface area contributed by atoms with E-state index < -0.39 is 0 Å². The normalized spacial score (nSPS) is 21.9. The summed E-state index contributed by atoms with van der Waals surface area (Å²) >= 11 is 0. The molecule has 0 bridgehead atoms. The molecule has 1 aliphatic heterocycles. The van der Waals surface area contributed by atoms with Crippen LogP contribution in [0.1, 0.15) is 36.4 Å². The van der Waals surface area contributed by atoms with Crippen LogP contribution in [-0.4, -0.2) is 31.1 Å². The smallest absolute Gasteiger partial charge is 0.123 e. The minimum atomic E-state index is -0.117. The van der Waals surface area contributed by atoms with Gasteiger partial charge in [0.1, 0.15) is 5.82 Å². The topological polar surface area (TPSA) is 15.3 Å². The largest absolute Gasteiger partial charge is 0.314 e. The van der Waals surface area contributed by atoms with E-state index in [0.29, 0.717) is 6.04 Å². The Bertz CT molecular complexity index is 442. The van der Waals surface area contributed by atoms with E-state index >= 15 is 0 Å². The summed E-state index contributed by atoms with van der Waals surface area (Å²) < 4.78 is 13.3. The van der Waals surface area contributed by atoms with E-state index in [1.807, 2.05) is 13.0 Å². The van der Waals surface area contributed by atoms with Gasteiger partial charge in [-0.2, -0.15) is 0 Å². The number of aryl methyl sites for hydroxylation is 1. The molecular formula is C16H24ClFN2. The van der Waals surface area contributed by atoms with Crippen LogP contribution in [0.2, 0.25) is 0 Å². The summed E-state index contributed by atoms with van der Waals surface area (Å²) in [6.45, 7) is 6.41. The zero-order valence-corrected chi connectivity index (χ0v) is 12.9. The van der Waals surface area contributed by atoms with Crippen molar-refractivity contribution in [2.45, 2.75) is 32.2 Å². The molecule has 1 atom stereocenters. The van der Waals surface area contributed by atoms with E-state index in [9.17, 15) is 4.39 Å². The molecular weight excluding hydrogens is 275 g/mol. The first-order valence-electron chi connectivity index (χ1n) is 7.46. The van der Waals surface area contributed by atoms with E-state index in [1.165, 1.54) is 24.8 Å². The lowest BCUT2D eigenvalue weighted by molar-refractivity contribution is 0.0832. The quantitative estimate of drug-likeness (QED) is 0.921. The molecule has 20 heavy (non-hydrogen) atoms. The second-order valence-corrected chi connectivity index (χ2v) is 5.92. The van der Waals surface area contributed by atoms with Crippen LogP contribution >= 0.6 is 12.4 Å². The maximum atomic E-state index is 13.3. The van der Waals surface area contributed by atoms with E-state index in [1.54, 1.807) is 12.1 Å². The highest BCUT2D eigenvalue weighted by Gasteiger charge is 2.34. The van der Waals surface area contributed by atoms with Crippen molar-refractivity contribution in [1.29, 1.82) is 0 Å². The Balaban J connectivity index is 0.00000147. The van der Waals surface area contributed by atoms with Gasteiger partial charge < -0.3 is 5.32 Å². The molecule has 1 aliphatic carbocycles. The Kier molecular flexibility index (Phi) is 5.42. The number of hydrogen-bond acceptors (Lipinski definition) is 2. The molecule has 1 saturated carbocycles. The molecule has 2 fully saturated rings. The Morgan fingerprint density at radius 1 is 1.25 bits per heavy atom. The van der Waals surface area contributed by atoms with Crippen molar-refractivity contribution in [3.05, 3.63) is 35.1 Å². The van der Waals surface area contributed by atoms with Crippen molar-refractivity contribution in [3.8, 4) is 0 Å². The van der Waals surface area contributed by atoms with Crippen LogP contribution < -0.4 is 5.32 Å². The summed E-state index contributed by atoms with van der Waals surface area (Å²) in [5.41, 5.74) is 2.45. The summed E-state index contributed by atoms with van der Waals surface area (Å²) in [5.74, 6) is 0.649. The summed E-state index contributed by atoms with van der Waals surface area (Å²) in [5, 5.41) is 3.42. The lowest BCUT2D eigenvalue weighted by atomic mass is 9.75. The Morgan fingerprint density at radius 3 is 2.50 bits per heavy atom. The predicted molar refractivity (Wildman–Crippen MR) is 82.9 cm³/mol. The molecule has 2 nitrogen and oxygen atoms in total. The Labute approximate surface area is 127 Å². The van der Waals surface area contributed by atoms with Crippen LogP contribution in [0.15, 0.2) is 18.2 Å². The first-order chi connectivity index (χ1) is 9.25. The van der Waals surface area contributed by atoms with E-state index in [2.05, 4.69) is 10.2 Å². The van der Waals surface area contributed by atoms with Crippen molar-refractivity contribution < 1.29 is 4.39 Å². The number of nitrogens with one attached hydrogen (secondary N) is 1. The molecule has 4 heteroatoms. The SMILES string of the molecule is Cc1cc(F)ccc1[C@@H](C1CCC1)N1CCNCC1.Cl. The highest BCUT2D eigenvalue weighted by molar-refractivity contribution is 5.85. The van der Waals surface area contributed by atoms with Crippen LogP contribution in [0.25, 0.3) is 0 Å². The molecule has 0 amide bonds. The Morgan fingerprint density at radius 2 is 1.95 bits per heavy atom. The molecule has 2 aliphatic rings. The van der Waals surface area contributed by atoms with Gasteiger partial charge in [-0.1, -0.05) is 12.5 Å². The third-order valence-electron chi connectivity index (χ3n) is 4.69. The molecule has 1 heterocycles. The van der Waals surface area contributed by atoms with Crippen molar-refractivity contribution in [2.24, 2.45) is 5.92 Å². The van der Waals surface area contributed by atoms with Crippen molar-refractivity contribution in [3.63, 3.8) is 0 Å². The molecule has 0 unspecified atom stereocenters. The molecule has 0 aromatic heterocycles. The van der Waals surface area contributed by atoms with Crippen LogP contribution in [-0.2, 0) is 0 Å². The van der Waals surface area contributed by atoms with Gasteiger partial charge in [-0.3, -0.25) is 4.90 Å². The van der Waals surface area contributed by atoms with Gasteiger partial charge in [0.25, 0.3) is 0 Å². The van der Waals surface area contributed by atoms with Gasteiger partial charge in [-0.25, -0.2) is 4.39 Å². The summed E-state index contributed by atoms with van der Waals surface area (Å²) in [6, 6.07) is 5.81. The second-order valence-electron chi connectivity index (χ2n) is 5.92. The number of halogens is 2. The van der Waals surface area contributed by atoms with Gasteiger partial charge in [-0.15, -0.1) is 12.4 Å². The summed E-state index contributed by atoms with van der Waals surface area (Å²) in [6.07, 6.45) is 4.00. The molecule has 0 spiro atoms. The van der Waals surface area contributed by atoms with Crippen LogP contribution in [0.4, 0.5) is 4.39 Å². The van der Waals surface area contributed by atoms with Crippen LogP contribution in [0.3, 0.4) is 0 Å². The molecule has 112 valence electrons. The number of piperazine rings is 1. The lowest BCUT2D eigenvalue weighted by Gasteiger charge is -2.43. The van der Waals surface area contributed by atoms with Gasteiger partial charge >= 0.3 is 0 Å². The number of rotatable bonds is 3. The zero-order valence-electron chi connectivity index (χ0n) is 12.1. The third-order valence-corrected chi connectivity index (χ3v) is 4.69. The molecule has 1 aromatic rings. The molecule has 1 aromatic carbocycles. The molecule has 1 saturated heterocycles. The standard InChI is InChI=1S/C16H23FN2.ClH/c1-12-11-14(17)5-6-15(12)16(13-3-2-4-13)19-9-7-18-8-10-19;/h5-6,11,13,16,18H,2-4,7-10H2,1H3;1H/t16-;/m1./s1. The van der Waals surface area contributed by atoms with Gasteiger partial charge in [0, 0.05) is 32.2 Å². The van der Waals surface area contributed by atoms with Gasteiger partial charge in [0.15, 0.2) is 0 Å². The molecule has 1 N–H and O–H groups in total. The zero-order chi connectivity index (χ0) is 13.2. The minimum Gasteiger partial charge on any atom is -0.314 e. The summed E-state index contributed by atoms with van der Waals surface area (Å²) in [7, 11) is 0. The van der Waals surface area contributed by atoms with Crippen molar-refractivity contribution >= 4 is 12.4 Å². The van der Waals surface area contributed by atoms with E-state index in [0.717, 1.165) is 37.7 Å². The predicted octanol–water partition coefficient (Wildman–Crippen LogP) is 3.30. The maximum absolute atomic E-state index is 13.3. The van der Waals surface area contributed by atoms with Crippen LogP contribution in [0.5, 0.6) is 0 Å². The number of hydrogen-bond donors (Lipinski definition) is 1. The average Bonchev–Trinajstić information content (AvgIpc) is 2.35. The average molecular weight is 299 g/mol. The highest BCUT2D eigenvalue weighted by atomic mass is 35.5. The molecule has 3 rings (SSSR count). The first-order valence-corrected chi connectivity index (χ1v) is 7.46. The summed E-state index contributed by atoms with van der Waals surface area (Å²) in [4.78, 5) is 2.60. The first kappa shape index (κ1) is 15.7. The fraction of sp³-hybridized carbons (Fsp3) is 0.625. The Hall–Kier alpha value is -0.640. The van der Waals surface area contributed by atoms with E-state index in [-0.39, 0.29) is 18.2 Å². The lowest BCUT2D eigenvalue weighted by Crippen LogP contribution is -2.48. The number of benzene rings is 1. The van der Waals surface area contributed by atoms with E-state index in [4.69, 9.17) is 0 Å². The van der Waals surface area contributed by atoms with Crippen molar-refractivity contribution in [2.75, 3.05) is 26.2 Å². The van der Waals surface area contributed by atoms with Gasteiger partial charge in [-0.05, 0) is 48.9 Å². The fourth-order valence-electron chi connectivity index (χ4n) is 3.44. The minimum absolute atomic E-state index is 0. The van der Waals surface area contributed by atoms with Crippen molar-refractivity contribution in [1.82, 2.24) is 10.2 Å². The highest BCUT2D eigenvalue weighted by Crippen LogP contribution is 2.42.